The van der Waals surface area contributed by atoms with Crippen molar-refractivity contribution < 1.29 is 27.5 Å². The van der Waals surface area contributed by atoms with E-state index in [0.717, 1.165) is 11.3 Å². The minimum Gasteiger partial charge on any atom is -0.462 e. The molecular formula is C21H30ClN7O6S2. The zero-order valence-corrected chi connectivity index (χ0v) is 23.5. The Morgan fingerprint density at radius 2 is 1.97 bits per heavy atom. The third-order valence-electron chi connectivity index (χ3n) is 4.97. The fraction of sp³-hybridized carbons (Fsp3) is 0.571. The predicted octanol–water partition coefficient (Wildman–Crippen LogP) is 2.07. The Bertz CT molecular complexity index is 1280. The summed E-state index contributed by atoms with van der Waals surface area (Å²) in [6.07, 6.45) is 1.27. The van der Waals surface area contributed by atoms with Crippen LogP contribution in [0.25, 0.3) is 0 Å². The van der Waals surface area contributed by atoms with Gasteiger partial charge in [-0.15, -0.1) is 0 Å². The number of aryl methyl sites for hydroxylation is 1. The van der Waals surface area contributed by atoms with Crippen molar-refractivity contribution in [1.29, 1.82) is 0 Å². The van der Waals surface area contributed by atoms with Crippen molar-refractivity contribution in [2.75, 3.05) is 29.9 Å². The van der Waals surface area contributed by atoms with Crippen LogP contribution in [0.15, 0.2) is 0 Å². The maximum absolute atomic E-state index is 12.8. The zero-order chi connectivity index (χ0) is 27.5. The first-order valence-electron chi connectivity index (χ1n) is 11.4. The molecule has 1 atom stereocenters. The summed E-state index contributed by atoms with van der Waals surface area (Å²) in [6.45, 7) is 9.03. The largest absolute Gasteiger partial charge is 0.462 e. The van der Waals surface area contributed by atoms with Crippen LogP contribution in [0.3, 0.4) is 0 Å². The molecule has 13 nitrogen and oxygen atoms in total. The number of nitrogens with zero attached hydrogens (tertiary/aromatic N) is 4. The van der Waals surface area contributed by atoms with Crippen molar-refractivity contribution in [3.8, 4) is 0 Å². The first kappa shape index (κ1) is 29.0. The van der Waals surface area contributed by atoms with Crippen molar-refractivity contribution in [1.82, 2.24) is 19.7 Å². The van der Waals surface area contributed by atoms with Crippen LogP contribution in [0.4, 0.5) is 16.9 Å². The minimum absolute atomic E-state index is 0.103. The number of nitrogens with one attached hydrogen (secondary N) is 2. The topological polar surface area (TPSA) is 179 Å². The summed E-state index contributed by atoms with van der Waals surface area (Å²) in [5.41, 5.74) is 0.303. The second kappa shape index (κ2) is 11.4. The van der Waals surface area contributed by atoms with Crippen LogP contribution in [0, 0.1) is 6.92 Å². The second-order valence-electron chi connectivity index (χ2n) is 9.22. The number of fused-ring (bicyclic) bond motifs is 1. The summed E-state index contributed by atoms with van der Waals surface area (Å²) in [5.74, 6) is -0.709. The number of carbonyl (C=O) groups is 2. The Balaban J connectivity index is 1.90. The van der Waals surface area contributed by atoms with E-state index in [1.807, 2.05) is 0 Å². The highest BCUT2D eigenvalue weighted by atomic mass is 35.5. The molecule has 1 aliphatic rings. The van der Waals surface area contributed by atoms with Crippen molar-refractivity contribution in [3.63, 3.8) is 0 Å². The molecule has 2 aromatic rings. The molecule has 1 unspecified atom stereocenters. The van der Waals surface area contributed by atoms with E-state index < -0.39 is 33.8 Å². The number of hydrogen-bond acceptors (Lipinski definition) is 12. The lowest BCUT2D eigenvalue weighted by Crippen LogP contribution is -2.53. The predicted molar refractivity (Wildman–Crippen MR) is 140 cm³/mol. The van der Waals surface area contributed by atoms with Gasteiger partial charge in [0.15, 0.2) is 5.13 Å². The quantitative estimate of drug-likeness (QED) is 0.294. The third kappa shape index (κ3) is 7.95. The maximum atomic E-state index is 12.8. The summed E-state index contributed by atoms with van der Waals surface area (Å²) in [6, 6.07) is -1.29. The molecule has 0 aliphatic carbocycles. The molecule has 0 saturated heterocycles. The molecule has 0 fully saturated rings. The average Bonchev–Trinajstić information content (AvgIpc) is 3.12. The van der Waals surface area contributed by atoms with E-state index in [0.29, 0.717) is 46.5 Å². The molecule has 0 amide bonds. The first-order chi connectivity index (χ1) is 17.2. The van der Waals surface area contributed by atoms with Gasteiger partial charge in [-0.1, -0.05) is 22.9 Å². The molecule has 0 spiro atoms. The Morgan fingerprint density at radius 3 is 2.59 bits per heavy atom. The summed E-state index contributed by atoms with van der Waals surface area (Å²) in [7, 11) is -4.22. The lowest BCUT2D eigenvalue weighted by Gasteiger charge is -2.33. The van der Waals surface area contributed by atoms with Gasteiger partial charge < -0.3 is 14.4 Å². The van der Waals surface area contributed by atoms with Crippen LogP contribution in [0.1, 0.15) is 55.0 Å². The average molecular weight is 576 g/mol. The van der Waals surface area contributed by atoms with Gasteiger partial charge in [0.05, 0.1) is 12.3 Å². The highest BCUT2D eigenvalue weighted by Crippen LogP contribution is 2.33. The van der Waals surface area contributed by atoms with Gasteiger partial charge in [-0.25, -0.2) is 19.9 Å². The Morgan fingerprint density at radius 1 is 1.27 bits per heavy atom. The lowest BCUT2D eigenvalue weighted by molar-refractivity contribution is -0.156. The number of hydrogen-bond donors (Lipinski definition) is 3. The number of nitrogens with two attached hydrogens (primary N) is 1. The zero-order valence-electron chi connectivity index (χ0n) is 21.1. The number of halogens is 1. The van der Waals surface area contributed by atoms with Crippen LogP contribution in [0.2, 0.25) is 5.15 Å². The first-order valence-corrected chi connectivity index (χ1v) is 14.2. The normalized spacial score (nSPS) is 14.6. The fourth-order valence-electron chi connectivity index (χ4n) is 3.59. The van der Waals surface area contributed by atoms with Gasteiger partial charge in [0.25, 0.3) is 10.2 Å². The molecule has 3 rings (SSSR count). The SMILES string of the molecule is CCOC(=O)c1sc(Nc2nc(Cl)c3c(n2)N(CC(NS(N)(=O)=O)C(=O)OC(C)(C)C)CCC3)nc1C. The van der Waals surface area contributed by atoms with Crippen molar-refractivity contribution in [3.05, 3.63) is 21.3 Å². The maximum Gasteiger partial charge on any atom is 0.350 e. The molecule has 1 aliphatic heterocycles. The van der Waals surface area contributed by atoms with E-state index in [1.54, 1.807) is 39.5 Å². The lowest BCUT2D eigenvalue weighted by atomic mass is 10.1. The van der Waals surface area contributed by atoms with Gasteiger partial charge >= 0.3 is 11.9 Å². The van der Waals surface area contributed by atoms with Crippen molar-refractivity contribution in [2.45, 2.75) is 59.1 Å². The standard InChI is InChI=1S/C21H30ClN7O6S2/c1-6-34-18(31)14-11(2)24-20(36-14)27-19-25-15(22)12-8-7-9-29(16(12)26-19)10-13(28-37(23,32)33)17(30)35-21(3,4)5/h13,28H,6-10H2,1-5H3,(H2,23,32,33)(H,24,25,26,27). The van der Waals surface area contributed by atoms with E-state index in [2.05, 4.69) is 25.0 Å². The van der Waals surface area contributed by atoms with Gasteiger partial charge in [-0.2, -0.15) is 18.1 Å². The number of rotatable bonds is 9. The van der Waals surface area contributed by atoms with Crippen molar-refractivity contribution in [2.24, 2.45) is 5.14 Å². The summed E-state index contributed by atoms with van der Waals surface area (Å²) < 4.78 is 36.1. The van der Waals surface area contributed by atoms with E-state index >= 15 is 0 Å². The van der Waals surface area contributed by atoms with Gasteiger partial charge in [-0.05, 0) is 47.5 Å². The molecule has 0 saturated carbocycles. The Hall–Kier alpha value is -2.59. The smallest absolute Gasteiger partial charge is 0.350 e. The summed E-state index contributed by atoms with van der Waals surface area (Å²) in [5, 5.41) is 8.69. The molecule has 0 radical (unpaired) electrons. The third-order valence-corrected chi connectivity index (χ3v) is 6.94. The fourth-order valence-corrected chi connectivity index (χ4v) is 5.27. The molecule has 16 heteroatoms. The highest BCUT2D eigenvalue weighted by Gasteiger charge is 2.32. The summed E-state index contributed by atoms with van der Waals surface area (Å²) in [4.78, 5) is 40.2. The Kier molecular flexibility index (Phi) is 8.95. The number of aromatic nitrogens is 3. The van der Waals surface area contributed by atoms with Gasteiger partial charge in [-0.3, -0.25) is 10.1 Å². The van der Waals surface area contributed by atoms with E-state index in [-0.39, 0.29) is 24.3 Å². The number of esters is 2. The van der Waals surface area contributed by atoms with Crippen molar-refractivity contribution >= 4 is 62.0 Å². The van der Waals surface area contributed by atoms with Crippen LogP contribution in [-0.4, -0.2) is 66.6 Å². The molecule has 37 heavy (non-hydrogen) atoms. The van der Waals surface area contributed by atoms with Crippen LogP contribution >= 0.6 is 22.9 Å². The molecule has 3 heterocycles. The van der Waals surface area contributed by atoms with Crippen LogP contribution < -0.4 is 20.1 Å². The van der Waals surface area contributed by atoms with E-state index in [9.17, 15) is 18.0 Å². The van der Waals surface area contributed by atoms with Gasteiger partial charge in [0, 0.05) is 18.7 Å². The monoisotopic (exact) mass is 575 g/mol. The summed E-state index contributed by atoms with van der Waals surface area (Å²) >= 11 is 7.56. The van der Waals surface area contributed by atoms with Crippen LogP contribution in [0.5, 0.6) is 0 Å². The van der Waals surface area contributed by atoms with Crippen LogP contribution in [-0.2, 0) is 30.9 Å². The Labute approximate surface area is 224 Å². The number of anilines is 3. The van der Waals surface area contributed by atoms with E-state index in [4.69, 9.17) is 26.2 Å². The molecule has 0 aromatic carbocycles. The number of carbonyl (C=O) groups excluding carboxylic acids is 2. The highest BCUT2D eigenvalue weighted by molar-refractivity contribution is 7.87. The number of ether oxygens (including phenoxy) is 2. The molecular weight excluding hydrogens is 546 g/mol. The van der Waals surface area contributed by atoms with E-state index in [1.165, 1.54) is 0 Å². The molecule has 0 bridgehead atoms. The molecule has 4 N–H and O–H groups in total. The minimum atomic E-state index is -4.22. The second-order valence-corrected chi connectivity index (χ2v) is 11.9. The van der Waals surface area contributed by atoms with Gasteiger partial charge in [0.1, 0.15) is 27.5 Å². The molecule has 204 valence electrons. The number of thiazole rings is 1. The van der Waals surface area contributed by atoms with Gasteiger partial charge in [0.2, 0.25) is 5.95 Å². The molecule has 2 aromatic heterocycles.